The normalized spacial score (nSPS) is 12.4. The zero-order valence-corrected chi connectivity index (χ0v) is 11.9. The highest BCUT2D eigenvalue weighted by Crippen LogP contribution is 2.11. The van der Waals surface area contributed by atoms with Crippen LogP contribution in [0.4, 0.5) is 10.5 Å². The summed E-state index contributed by atoms with van der Waals surface area (Å²) in [4.78, 5) is 22.1. The molecule has 20 heavy (non-hydrogen) atoms. The lowest BCUT2D eigenvalue weighted by atomic mass is 10.1. The summed E-state index contributed by atoms with van der Waals surface area (Å²) in [6.07, 6.45) is 2.56. The number of aliphatic carboxylic acids is 1. The fourth-order valence-corrected chi connectivity index (χ4v) is 1.39. The highest BCUT2D eigenvalue weighted by atomic mass is 16.4. The van der Waals surface area contributed by atoms with Gasteiger partial charge in [0.15, 0.2) is 0 Å². The number of carbonyl (C=O) groups excluding carboxylic acids is 1. The summed E-state index contributed by atoms with van der Waals surface area (Å²) in [6.45, 7) is 6.02. The molecule has 1 rings (SSSR count). The minimum absolute atomic E-state index is 0.0905. The molecule has 2 amide bonds. The molecular formula is C15H20N2O3. The summed E-state index contributed by atoms with van der Waals surface area (Å²) in [6, 6.07) is 6.76. The summed E-state index contributed by atoms with van der Waals surface area (Å²) >= 11 is 0. The van der Waals surface area contributed by atoms with Gasteiger partial charge in [-0.1, -0.05) is 26.0 Å². The van der Waals surface area contributed by atoms with Crippen molar-refractivity contribution in [1.82, 2.24) is 5.32 Å². The Morgan fingerprint density at radius 3 is 2.25 bits per heavy atom. The molecule has 0 radical (unpaired) electrons. The Labute approximate surface area is 118 Å². The van der Waals surface area contributed by atoms with Crippen LogP contribution in [0.1, 0.15) is 26.3 Å². The van der Waals surface area contributed by atoms with E-state index in [1.807, 2.05) is 20.8 Å². The molecule has 0 fully saturated rings. The van der Waals surface area contributed by atoms with Crippen LogP contribution < -0.4 is 10.6 Å². The van der Waals surface area contributed by atoms with Gasteiger partial charge in [-0.3, -0.25) is 0 Å². The Morgan fingerprint density at radius 1 is 1.15 bits per heavy atom. The molecule has 1 aromatic carbocycles. The van der Waals surface area contributed by atoms with Crippen LogP contribution >= 0.6 is 0 Å². The molecule has 0 saturated heterocycles. The predicted molar refractivity (Wildman–Crippen MR) is 79.6 cm³/mol. The lowest BCUT2D eigenvalue weighted by Crippen LogP contribution is -2.38. The van der Waals surface area contributed by atoms with Crippen LogP contribution in [0.25, 0.3) is 6.08 Å². The van der Waals surface area contributed by atoms with E-state index in [0.29, 0.717) is 11.6 Å². The van der Waals surface area contributed by atoms with Gasteiger partial charge < -0.3 is 15.7 Å². The highest BCUT2D eigenvalue weighted by molar-refractivity contribution is 5.89. The molecular weight excluding hydrogens is 256 g/mol. The standard InChI is InChI=1S/C15H20N2O3/c1-10(2)11(3)16-15(20)17-13-7-4-12(5-8-13)6-9-14(18)19/h4-11H,1-3H3,(H,18,19)(H2,16,17,20)/b9-6+. The minimum Gasteiger partial charge on any atom is -0.478 e. The van der Waals surface area contributed by atoms with Gasteiger partial charge in [0.2, 0.25) is 0 Å². The second-order valence-corrected chi connectivity index (χ2v) is 4.92. The van der Waals surface area contributed by atoms with Crippen LogP contribution in [0.5, 0.6) is 0 Å². The van der Waals surface area contributed by atoms with Gasteiger partial charge in [-0.15, -0.1) is 0 Å². The number of hydrogen-bond donors (Lipinski definition) is 3. The van der Waals surface area contributed by atoms with E-state index in [2.05, 4.69) is 10.6 Å². The van der Waals surface area contributed by atoms with E-state index < -0.39 is 5.97 Å². The molecule has 3 N–H and O–H groups in total. The van der Waals surface area contributed by atoms with Crippen LogP contribution in [0.2, 0.25) is 0 Å². The zero-order chi connectivity index (χ0) is 15.1. The van der Waals surface area contributed by atoms with E-state index in [1.165, 1.54) is 6.08 Å². The summed E-state index contributed by atoms with van der Waals surface area (Å²) < 4.78 is 0. The monoisotopic (exact) mass is 276 g/mol. The van der Waals surface area contributed by atoms with E-state index in [1.54, 1.807) is 24.3 Å². The first-order valence-electron chi connectivity index (χ1n) is 6.47. The summed E-state index contributed by atoms with van der Waals surface area (Å²) in [5.74, 6) is -0.626. The van der Waals surface area contributed by atoms with Crippen molar-refractivity contribution in [3.63, 3.8) is 0 Å². The fourth-order valence-electron chi connectivity index (χ4n) is 1.39. The van der Waals surface area contributed by atoms with Gasteiger partial charge in [0, 0.05) is 17.8 Å². The molecule has 5 nitrogen and oxygen atoms in total. The van der Waals surface area contributed by atoms with Crippen molar-refractivity contribution in [1.29, 1.82) is 0 Å². The fraction of sp³-hybridized carbons (Fsp3) is 0.333. The van der Waals surface area contributed by atoms with Gasteiger partial charge in [-0.2, -0.15) is 0 Å². The zero-order valence-electron chi connectivity index (χ0n) is 11.9. The third-order valence-electron chi connectivity index (χ3n) is 2.95. The molecule has 108 valence electrons. The van der Waals surface area contributed by atoms with Crippen molar-refractivity contribution >= 4 is 23.8 Å². The largest absolute Gasteiger partial charge is 0.478 e. The average Bonchev–Trinajstić information content (AvgIpc) is 2.37. The molecule has 0 aromatic heterocycles. The maximum absolute atomic E-state index is 11.7. The van der Waals surface area contributed by atoms with E-state index >= 15 is 0 Å². The SMILES string of the molecule is CC(C)C(C)NC(=O)Nc1ccc(/C=C/C(=O)O)cc1. The molecule has 5 heteroatoms. The van der Waals surface area contributed by atoms with Crippen molar-refractivity contribution in [2.75, 3.05) is 5.32 Å². The lowest BCUT2D eigenvalue weighted by molar-refractivity contribution is -0.131. The number of nitrogens with one attached hydrogen (secondary N) is 2. The molecule has 0 saturated carbocycles. The molecule has 1 aromatic rings. The van der Waals surface area contributed by atoms with Crippen molar-refractivity contribution in [2.24, 2.45) is 5.92 Å². The molecule has 1 unspecified atom stereocenters. The topological polar surface area (TPSA) is 78.4 Å². The number of anilines is 1. The molecule has 0 spiro atoms. The van der Waals surface area contributed by atoms with Gasteiger partial charge >= 0.3 is 12.0 Å². The summed E-state index contributed by atoms with van der Waals surface area (Å²) in [5, 5.41) is 14.1. The van der Waals surface area contributed by atoms with Gasteiger partial charge in [0.05, 0.1) is 0 Å². The van der Waals surface area contributed by atoms with E-state index in [9.17, 15) is 9.59 Å². The number of carboxylic acids is 1. The molecule has 0 bridgehead atoms. The maximum Gasteiger partial charge on any atom is 0.328 e. The molecule has 0 aliphatic heterocycles. The number of amides is 2. The van der Waals surface area contributed by atoms with Gasteiger partial charge in [0.1, 0.15) is 0 Å². The minimum atomic E-state index is -0.991. The first-order chi connectivity index (χ1) is 9.38. The first-order valence-corrected chi connectivity index (χ1v) is 6.47. The van der Waals surface area contributed by atoms with Crippen LogP contribution in [0.3, 0.4) is 0 Å². The Bertz CT molecular complexity index is 492. The van der Waals surface area contributed by atoms with Crippen LogP contribution in [0, 0.1) is 5.92 Å². The molecule has 0 aliphatic rings. The second-order valence-electron chi connectivity index (χ2n) is 4.92. The lowest BCUT2D eigenvalue weighted by Gasteiger charge is -2.17. The molecule has 1 atom stereocenters. The second kappa shape index (κ2) is 7.33. The smallest absolute Gasteiger partial charge is 0.328 e. The average molecular weight is 276 g/mol. The Kier molecular flexibility index (Phi) is 5.77. The number of carbonyl (C=O) groups is 2. The van der Waals surface area contributed by atoms with Crippen molar-refractivity contribution in [3.8, 4) is 0 Å². The molecule has 0 aliphatic carbocycles. The van der Waals surface area contributed by atoms with Crippen LogP contribution in [-0.2, 0) is 4.79 Å². The van der Waals surface area contributed by atoms with Crippen molar-refractivity contribution in [3.05, 3.63) is 35.9 Å². The quantitative estimate of drug-likeness (QED) is 0.723. The van der Waals surface area contributed by atoms with Crippen molar-refractivity contribution in [2.45, 2.75) is 26.8 Å². The van der Waals surface area contributed by atoms with E-state index in [0.717, 1.165) is 11.6 Å². The Morgan fingerprint density at radius 2 is 1.75 bits per heavy atom. The van der Waals surface area contributed by atoms with Crippen LogP contribution in [-0.4, -0.2) is 23.1 Å². The van der Waals surface area contributed by atoms with Gasteiger partial charge in [-0.05, 0) is 36.6 Å². The highest BCUT2D eigenvalue weighted by Gasteiger charge is 2.10. The summed E-state index contributed by atoms with van der Waals surface area (Å²) in [7, 11) is 0. The van der Waals surface area contributed by atoms with Gasteiger partial charge in [0.25, 0.3) is 0 Å². The first kappa shape index (κ1) is 15.8. The third kappa shape index (κ3) is 5.56. The number of benzene rings is 1. The number of urea groups is 1. The van der Waals surface area contributed by atoms with Crippen molar-refractivity contribution < 1.29 is 14.7 Å². The number of hydrogen-bond acceptors (Lipinski definition) is 2. The number of carboxylic acid groups (broad SMARTS) is 1. The van der Waals surface area contributed by atoms with E-state index in [4.69, 9.17) is 5.11 Å². The number of rotatable bonds is 5. The van der Waals surface area contributed by atoms with Gasteiger partial charge in [-0.25, -0.2) is 9.59 Å². The maximum atomic E-state index is 11.7. The van der Waals surface area contributed by atoms with Crippen LogP contribution in [0.15, 0.2) is 30.3 Å². The van der Waals surface area contributed by atoms with E-state index in [-0.39, 0.29) is 12.1 Å². The summed E-state index contributed by atoms with van der Waals surface area (Å²) in [5.41, 5.74) is 1.42. The third-order valence-corrected chi connectivity index (χ3v) is 2.95. The Balaban J connectivity index is 2.57. The molecule has 0 heterocycles. The predicted octanol–water partition coefficient (Wildman–Crippen LogP) is 2.95. The Hall–Kier alpha value is -2.30.